The van der Waals surface area contributed by atoms with Crippen LogP contribution in [0.3, 0.4) is 0 Å². The van der Waals surface area contributed by atoms with E-state index in [1.54, 1.807) is 24.7 Å². The summed E-state index contributed by atoms with van der Waals surface area (Å²) >= 11 is 3.22. The predicted molar refractivity (Wildman–Crippen MR) is 75.0 cm³/mol. The highest BCUT2D eigenvalue weighted by molar-refractivity contribution is 9.10. The van der Waals surface area contributed by atoms with Crippen LogP contribution >= 0.6 is 15.9 Å². The van der Waals surface area contributed by atoms with E-state index in [9.17, 15) is 18.0 Å². The molecule has 1 atom stereocenters. The lowest BCUT2D eigenvalue weighted by atomic mass is 10.2. The number of nitrogens with zero attached hydrogens (tertiary/aromatic N) is 4. The van der Waals surface area contributed by atoms with Crippen LogP contribution in [-0.4, -0.2) is 25.5 Å². The van der Waals surface area contributed by atoms with Gasteiger partial charge in [-0.1, -0.05) is 0 Å². The molecular weight excluding hydrogens is 367 g/mol. The first kappa shape index (κ1) is 16.5. The third-order valence-corrected chi connectivity index (χ3v) is 3.47. The quantitative estimate of drug-likeness (QED) is 0.890. The van der Waals surface area contributed by atoms with Crippen LogP contribution in [0.5, 0.6) is 0 Å². The number of halogens is 4. The summed E-state index contributed by atoms with van der Waals surface area (Å²) in [6.07, 6.45) is -4.59. The fourth-order valence-corrected chi connectivity index (χ4v) is 2.49. The lowest BCUT2D eigenvalue weighted by Crippen LogP contribution is -2.29. The first-order chi connectivity index (χ1) is 10.1. The molecule has 0 bridgehead atoms. The molecule has 2 heterocycles. The molecule has 0 spiro atoms. The maximum absolute atomic E-state index is 12.6. The van der Waals surface area contributed by atoms with Crippen LogP contribution in [-0.2, 0) is 20.3 Å². The van der Waals surface area contributed by atoms with Gasteiger partial charge in [0.05, 0.1) is 11.7 Å². The van der Waals surface area contributed by atoms with Gasteiger partial charge in [-0.05, 0) is 28.9 Å². The molecule has 0 radical (unpaired) electrons. The van der Waals surface area contributed by atoms with Crippen molar-refractivity contribution in [3.63, 3.8) is 0 Å². The Morgan fingerprint density at radius 1 is 1.27 bits per heavy atom. The molecule has 1 amide bonds. The molecule has 0 saturated heterocycles. The highest BCUT2D eigenvalue weighted by Gasteiger charge is 2.35. The second-order valence-corrected chi connectivity index (χ2v) is 5.56. The first-order valence-electron chi connectivity index (χ1n) is 6.21. The lowest BCUT2D eigenvalue weighted by Gasteiger charge is -2.14. The Balaban J connectivity index is 2.19. The summed E-state index contributed by atoms with van der Waals surface area (Å²) in [4.78, 5) is 12.1. The highest BCUT2D eigenvalue weighted by atomic mass is 79.9. The summed E-state index contributed by atoms with van der Waals surface area (Å²) in [5.74, 6) is -0.643. The number of amides is 1. The Labute approximate surface area is 132 Å². The fraction of sp³-hybridized carbons (Fsp3) is 0.417. The van der Waals surface area contributed by atoms with Gasteiger partial charge in [0, 0.05) is 20.2 Å². The zero-order valence-electron chi connectivity index (χ0n) is 11.9. The standard InChI is InChI=1S/C12H13BrF3N5O/c1-6(7-5-10(13)19-20(7)2)17-11(22)8-4-9(12(14,15)16)18-21(8)3/h4-6H,1-3H3,(H,17,22). The summed E-state index contributed by atoms with van der Waals surface area (Å²) in [6, 6.07) is 2.01. The van der Waals surface area contributed by atoms with E-state index in [1.165, 1.54) is 7.05 Å². The average Bonchev–Trinajstić information content (AvgIpc) is 2.91. The first-order valence-corrected chi connectivity index (χ1v) is 7.00. The monoisotopic (exact) mass is 379 g/mol. The molecular formula is C12H13BrF3N5O. The number of rotatable bonds is 3. The molecule has 2 aromatic rings. The molecule has 120 valence electrons. The molecule has 1 N–H and O–H groups in total. The molecule has 0 aliphatic rings. The van der Waals surface area contributed by atoms with Crippen LogP contribution in [0, 0.1) is 0 Å². The van der Waals surface area contributed by atoms with Crippen molar-refractivity contribution in [2.24, 2.45) is 14.1 Å². The van der Waals surface area contributed by atoms with E-state index in [0.717, 1.165) is 10.7 Å². The summed E-state index contributed by atoms with van der Waals surface area (Å²) in [5, 5.41) is 10.0. The van der Waals surface area contributed by atoms with Crippen molar-refractivity contribution in [1.82, 2.24) is 24.9 Å². The molecule has 2 rings (SSSR count). The third kappa shape index (κ3) is 3.32. The average molecular weight is 380 g/mol. The number of carbonyl (C=O) groups is 1. The van der Waals surface area contributed by atoms with Gasteiger partial charge in [-0.25, -0.2) is 0 Å². The number of aryl methyl sites for hydroxylation is 2. The number of alkyl halides is 3. The Hall–Kier alpha value is -1.84. The van der Waals surface area contributed by atoms with Crippen LogP contribution in [0.2, 0.25) is 0 Å². The number of aromatic nitrogens is 4. The maximum Gasteiger partial charge on any atom is 0.435 e. The van der Waals surface area contributed by atoms with Crippen molar-refractivity contribution >= 4 is 21.8 Å². The van der Waals surface area contributed by atoms with Crippen molar-refractivity contribution < 1.29 is 18.0 Å². The summed E-state index contributed by atoms with van der Waals surface area (Å²) in [6.45, 7) is 1.71. The van der Waals surface area contributed by atoms with E-state index in [1.807, 2.05) is 0 Å². The SMILES string of the molecule is CC(NC(=O)c1cc(C(F)(F)F)nn1C)c1cc(Br)nn1C. The van der Waals surface area contributed by atoms with E-state index < -0.39 is 23.8 Å². The molecule has 10 heteroatoms. The van der Waals surface area contributed by atoms with Crippen LogP contribution in [0.4, 0.5) is 13.2 Å². The predicted octanol–water partition coefficient (Wildman–Crippen LogP) is 2.43. The van der Waals surface area contributed by atoms with Gasteiger partial charge in [-0.2, -0.15) is 23.4 Å². The topological polar surface area (TPSA) is 64.7 Å². The van der Waals surface area contributed by atoms with Gasteiger partial charge in [0.15, 0.2) is 5.69 Å². The smallest absolute Gasteiger partial charge is 0.343 e. The van der Waals surface area contributed by atoms with E-state index in [2.05, 4.69) is 31.4 Å². The summed E-state index contributed by atoms with van der Waals surface area (Å²) < 4.78 is 40.9. The van der Waals surface area contributed by atoms with Crippen molar-refractivity contribution in [2.45, 2.75) is 19.1 Å². The molecule has 22 heavy (non-hydrogen) atoms. The van der Waals surface area contributed by atoms with Gasteiger partial charge in [-0.3, -0.25) is 14.2 Å². The van der Waals surface area contributed by atoms with Crippen molar-refractivity contribution in [2.75, 3.05) is 0 Å². The Morgan fingerprint density at radius 3 is 2.36 bits per heavy atom. The Bertz CT molecular complexity index is 706. The van der Waals surface area contributed by atoms with E-state index in [0.29, 0.717) is 10.3 Å². The third-order valence-electron chi connectivity index (χ3n) is 3.08. The molecule has 2 aromatic heterocycles. The maximum atomic E-state index is 12.6. The van der Waals surface area contributed by atoms with Gasteiger partial charge in [0.1, 0.15) is 10.3 Å². The van der Waals surface area contributed by atoms with Gasteiger partial charge >= 0.3 is 6.18 Å². The summed E-state index contributed by atoms with van der Waals surface area (Å²) in [7, 11) is 2.99. The van der Waals surface area contributed by atoms with Gasteiger partial charge in [0.2, 0.25) is 0 Å². The second kappa shape index (κ2) is 5.75. The molecule has 0 fully saturated rings. The normalized spacial score (nSPS) is 13.2. The largest absolute Gasteiger partial charge is 0.435 e. The molecule has 0 saturated carbocycles. The molecule has 0 aliphatic carbocycles. The number of hydrogen-bond acceptors (Lipinski definition) is 3. The Morgan fingerprint density at radius 2 is 1.91 bits per heavy atom. The molecule has 1 unspecified atom stereocenters. The minimum Gasteiger partial charge on any atom is -0.343 e. The zero-order chi connectivity index (χ0) is 16.7. The van der Waals surface area contributed by atoms with Crippen molar-refractivity contribution in [1.29, 1.82) is 0 Å². The Kier molecular flexibility index (Phi) is 4.32. The van der Waals surface area contributed by atoms with Gasteiger partial charge in [0.25, 0.3) is 5.91 Å². The minimum atomic E-state index is -4.59. The van der Waals surface area contributed by atoms with Crippen molar-refractivity contribution in [3.8, 4) is 0 Å². The van der Waals surface area contributed by atoms with E-state index >= 15 is 0 Å². The summed E-state index contributed by atoms with van der Waals surface area (Å²) in [5.41, 5.74) is -0.560. The lowest BCUT2D eigenvalue weighted by molar-refractivity contribution is -0.141. The fourth-order valence-electron chi connectivity index (χ4n) is 2.01. The second-order valence-electron chi connectivity index (χ2n) is 4.75. The van der Waals surface area contributed by atoms with E-state index in [4.69, 9.17) is 0 Å². The molecule has 0 aromatic carbocycles. The molecule has 6 nitrogen and oxygen atoms in total. The van der Waals surface area contributed by atoms with Crippen molar-refractivity contribution in [3.05, 3.63) is 33.8 Å². The zero-order valence-corrected chi connectivity index (χ0v) is 13.5. The number of nitrogens with one attached hydrogen (secondary N) is 1. The minimum absolute atomic E-state index is 0.166. The van der Waals surface area contributed by atoms with Gasteiger partial charge < -0.3 is 5.32 Å². The van der Waals surface area contributed by atoms with Gasteiger partial charge in [-0.15, -0.1) is 0 Å². The van der Waals surface area contributed by atoms with Crippen LogP contribution in [0.25, 0.3) is 0 Å². The van der Waals surface area contributed by atoms with Crippen LogP contribution < -0.4 is 5.32 Å². The number of carbonyl (C=O) groups excluding carboxylic acids is 1. The van der Waals surface area contributed by atoms with Crippen LogP contribution in [0.1, 0.15) is 34.8 Å². The van der Waals surface area contributed by atoms with Crippen LogP contribution in [0.15, 0.2) is 16.7 Å². The molecule has 0 aliphatic heterocycles. The van der Waals surface area contributed by atoms with E-state index in [-0.39, 0.29) is 5.69 Å². The number of hydrogen-bond donors (Lipinski definition) is 1. The highest BCUT2D eigenvalue weighted by Crippen LogP contribution is 2.28.